The van der Waals surface area contributed by atoms with E-state index in [0.29, 0.717) is 42.7 Å². The van der Waals surface area contributed by atoms with Gasteiger partial charge in [0.05, 0.1) is 0 Å². The predicted molar refractivity (Wildman–Crippen MR) is 119 cm³/mol. The van der Waals surface area contributed by atoms with Crippen LogP contribution in [-0.4, -0.2) is 57.1 Å². The molecule has 8 nitrogen and oxygen atoms in total. The highest BCUT2D eigenvalue weighted by atomic mass is 35.5. The van der Waals surface area contributed by atoms with E-state index in [1.165, 1.54) is 0 Å². The Bertz CT molecular complexity index is 1170. The molecule has 1 aromatic carbocycles. The number of hydrogen-bond donors (Lipinski definition) is 0. The number of benzene rings is 1. The van der Waals surface area contributed by atoms with Crippen LogP contribution in [0.25, 0.3) is 21.7 Å². The molecule has 158 valence electrons. The zero-order chi connectivity index (χ0) is 21.2. The Morgan fingerprint density at radius 1 is 1.10 bits per heavy atom. The van der Waals surface area contributed by atoms with Crippen LogP contribution in [0.2, 0.25) is 5.02 Å². The van der Waals surface area contributed by atoms with E-state index in [1.54, 1.807) is 29.7 Å². The van der Waals surface area contributed by atoms with Gasteiger partial charge in [-0.3, -0.25) is 4.79 Å². The molecule has 5 rings (SSSR count). The number of aryl methyl sites for hydroxylation is 1. The number of thiazole rings is 1. The molecular weight excluding hydrogens is 436 g/mol. The Morgan fingerprint density at radius 2 is 1.90 bits per heavy atom. The van der Waals surface area contributed by atoms with E-state index in [1.807, 2.05) is 29.2 Å². The van der Waals surface area contributed by atoms with Crippen LogP contribution in [0.4, 0.5) is 5.13 Å². The number of carbonyl (C=O) groups excluding carboxylic acids is 1. The minimum atomic E-state index is 0.0943. The summed E-state index contributed by atoms with van der Waals surface area (Å²) < 4.78 is 5.30. The summed E-state index contributed by atoms with van der Waals surface area (Å²) in [6.45, 7) is 2.85. The van der Waals surface area contributed by atoms with Crippen molar-refractivity contribution >= 4 is 44.3 Å². The summed E-state index contributed by atoms with van der Waals surface area (Å²) >= 11 is 7.50. The van der Waals surface area contributed by atoms with Crippen LogP contribution in [0.1, 0.15) is 12.3 Å². The first-order chi connectivity index (χ1) is 15.2. The summed E-state index contributed by atoms with van der Waals surface area (Å²) in [5.41, 5.74) is 1.74. The van der Waals surface area contributed by atoms with Crippen molar-refractivity contribution in [3.05, 3.63) is 53.5 Å². The number of hydrogen-bond acceptors (Lipinski definition) is 8. The molecule has 0 radical (unpaired) electrons. The Kier molecular flexibility index (Phi) is 5.52. The summed E-state index contributed by atoms with van der Waals surface area (Å²) in [6, 6.07) is 11.1. The monoisotopic (exact) mass is 454 g/mol. The minimum absolute atomic E-state index is 0.0943. The van der Waals surface area contributed by atoms with Crippen molar-refractivity contribution in [1.82, 2.24) is 25.0 Å². The number of aromatic nitrogens is 4. The largest absolute Gasteiger partial charge is 0.344 e. The lowest BCUT2D eigenvalue weighted by atomic mass is 10.2. The number of nitrogens with zero attached hydrogens (tertiary/aromatic N) is 6. The molecule has 0 bridgehead atoms. The summed E-state index contributed by atoms with van der Waals surface area (Å²) in [4.78, 5) is 31.1. The van der Waals surface area contributed by atoms with Crippen LogP contribution in [0.15, 0.2) is 47.1 Å². The lowest BCUT2D eigenvalue weighted by Crippen LogP contribution is -2.48. The maximum absolute atomic E-state index is 12.6. The van der Waals surface area contributed by atoms with Gasteiger partial charge in [-0.1, -0.05) is 28.1 Å². The van der Waals surface area contributed by atoms with Gasteiger partial charge in [-0.05, 0) is 36.4 Å². The van der Waals surface area contributed by atoms with Crippen molar-refractivity contribution < 1.29 is 9.32 Å². The minimum Gasteiger partial charge on any atom is -0.344 e. The van der Waals surface area contributed by atoms with Crippen molar-refractivity contribution in [3.8, 4) is 11.4 Å². The molecule has 4 heterocycles. The third-order valence-corrected chi connectivity index (χ3v) is 6.47. The molecule has 1 saturated heterocycles. The first kappa shape index (κ1) is 19.9. The van der Waals surface area contributed by atoms with E-state index in [-0.39, 0.29) is 5.91 Å². The molecule has 1 amide bonds. The number of rotatable bonds is 5. The Balaban J connectivity index is 1.14. The topological polar surface area (TPSA) is 88.3 Å². The molecule has 0 atom stereocenters. The van der Waals surface area contributed by atoms with Crippen molar-refractivity contribution in [1.29, 1.82) is 0 Å². The number of anilines is 1. The number of amides is 1. The van der Waals surface area contributed by atoms with Crippen LogP contribution >= 0.6 is 22.9 Å². The molecule has 0 aliphatic carbocycles. The van der Waals surface area contributed by atoms with Gasteiger partial charge >= 0.3 is 0 Å². The smallest absolute Gasteiger partial charge is 0.227 e. The molecule has 0 saturated carbocycles. The second kappa shape index (κ2) is 8.60. The standard InChI is InChI=1S/C21H19ClN6O2S/c22-15-5-3-14(4-6-15)19-25-17(30-26-19)7-8-18(29)27-10-12-28(13-11-27)21-24-16-2-1-9-23-20(16)31-21/h1-6,9H,7-8,10-13H2. The molecule has 0 spiro atoms. The van der Waals surface area contributed by atoms with E-state index in [2.05, 4.69) is 25.0 Å². The van der Waals surface area contributed by atoms with Gasteiger partial charge in [-0.25, -0.2) is 9.97 Å². The second-order valence-corrected chi connectivity index (χ2v) is 8.60. The average molecular weight is 455 g/mol. The Hall–Kier alpha value is -3.04. The van der Waals surface area contributed by atoms with E-state index >= 15 is 0 Å². The highest BCUT2D eigenvalue weighted by molar-refractivity contribution is 7.21. The predicted octanol–water partition coefficient (Wildman–Crippen LogP) is 3.68. The summed E-state index contributed by atoms with van der Waals surface area (Å²) in [7, 11) is 0. The van der Waals surface area contributed by atoms with Crippen LogP contribution in [0, 0.1) is 0 Å². The average Bonchev–Trinajstić information content (AvgIpc) is 3.45. The van der Waals surface area contributed by atoms with Crippen molar-refractivity contribution in [3.63, 3.8) is 0 Å². The lowest BCUT2D eigenvalue weighted by molar-refractivity contribution is -0.131. The molecular formula is C21H19ClN6O2S. The van der Waals surface area contributed by atoms with E-state index in [4.69, 9.17) is 16.1 Å². The third-order valence-electron chi connectivity index (χ3n) is 5.18. The van der Waals surface area contributed by atoms with Crippen LogP contribution in [-0.2, 0) is 11.2 Å². The SMILES string of the molecule is O=C(CCc1nc(-c2ccc(Cl)cc2)no1)N1CCN(c2nc3cccnc3s2)CC1. The zero-order valence-electron chi connectivity index (χ0n) is 16.6. The molecule has 0 N–H and O–H groups in total. The Morgan fingerprint density at radius 3 is 2.68 bits per heavy atom. The second-order valence-electron chi connectivity index (χ2n) is 7.21. The van der Waals surface area contributed by atoms with E-state index in [9.17, 15) is 4.79 Å². The van der Waals surface area contributed by atoms with Crippen molar-refractivity contribution in [2.75, 3.05) is 31.1 Å². The van der Waals surface area contributed by atoms with Crippen LogP contribution in [0.5, 0.6) is 0 Å². The first-order valence-electron chi connectivity index (χ1n) is 9.98. The summed E-state index contributed by atoms with van der Waals surface area (Å²) in [6.07, 6.45) is 2.54. The fourth-order valence-electron chi connectivity index (χ4n) is 3.49. The molecule has 3 aromatic heterocycles. The maximum Gasteiger partial charge on any atom is 0.227 e. The van der Waals surface area contributed by atoms with Gasteiger partial charge in [0.25, 0.3) is 0 Å². The van der Waals surface area contributed by atoms with Gasteiger partial charge in [0, 0.05) is 55.8 Å². The van der Waals surface area contributed by atoms with Gasteiger partial charge in [0.2, 0.25) is 17.6 Å². The number of pyridine rings is 1. The maximum atomic E-state index is 12.6. The molecule has 10 heteroatoms. The molecule has 0 unspecified atom stereocenters. The summed E-state index contributed by atoms with van der Waals surface area (Å²) in [5, 5.41) is 5.61. The molecule has 1 aliphatic rings. The molecule has 4 aromatic rings. The highest BCUT2D eigenvalue weighted by Crippen LogP contribution is 2.27. The van der Waals surface area contributed by atoms with Crippen molar-refractivity contribution in [2.45, 2.75) is 12.8 Å². The third kappa shape index (κ3) is 4.38. The number of halogens is 1. The van der Waals surface area contributed by atoms with Gasteiger partial charge in [0.15, 0.2) is 5.13 Å². The fraction of sp³-hybridized carbons (Fsp3) is 0.286. The molecule has 31 heavy (non-hydrogen) atoms. The van der Waals surface area contributed by atoms with E-state index < -0.39 is 0 Å². The van der Waals surface area contributed by atoms with E-state index in [0.717, 1.165) is 34.1 Å². The quantitative estimate of drug-likeness (QED) is 0.454. The van der Waals surface area contributed by atoms with Gasteiger partial charge < -0.3 is 14.3 Å². The first-order valence-corrected chi connectivity index (χ1v) is 11.2. The van der Waals surface area contributed by atoms with Crippen molar-refractivity contribution in [2.24, 2.45) is 0 Å². The Labute approximate surface area is 187 Å². The highest BCUT2D eigenvalue weighted by Gasteiger charge is 2.23. The molecule has 1 fully saturated rings. The molecule has 1 aliphatic heterocycles. The van der Waals surface area contributed by atoms with Gasteiger partial charge in [-0.2, -0.15) is 4.98 Å². The zero-order valence-corrected chi connectivity index (χ0v) is 18.1. The number of piperazine rings is 1. The normalized spacial score (nSPS) is 14.4. The van der Waals surface area contributed by atoms with Crippen LogP contribution < -0.4 is 4.90 Å². The lowest BCUT2D eigenvalue weighted by Gasteiger charge is -2.34. The number of carbonyl (C=O) groups is 1. The van der Waals surface area contributed by atoms with Gasteiger partial charge in [-0.15, -0.1) is 0 Å². The fourth-order valence-corrected chi connectivity index (χ4v) is 4.57. The summed E-state index contributed by atoms with van der Waals surface area (Å²) in [5.74, 6) is 1.05. The van der Waals surface area contributed by atoms with Gasteiger partial charge in [0.1, 0.15) is 10.3 Å². The van der Waals surface area contributed by atoms with Crippen LogP contribution in [0.3, 0.4) is 0 Å². The number of fused-ring (bicyclic) bond motifs is 1.